The van der Waals surface area contributed by atoms with Crippen LogP contribution in [0.1, 0.15) is 0 Å². The van der Waals surface area contributed by atoms with Crippen LogP contribution in [0, 0.1) is 0 Å². The molecular weight excluding hydrogens is 204 g/mol. The summed E-state index contributed by atoms with van der Waals surface area (Å²) in [7, 11) is 1.53. The number of aliphatic hydroxyl groups is 1. The predicted octanol–water partition coefficient (Wildman–Crippen LogP) is 1.73. The average molecular weight is 217 g/mol. The Morgan fingerprint density at radius 1 is 1.43 bits per heavy atom. The van der Waals surface area contributed by atoms with Crippen molar-refractivity contribution < 1.29 is 14.6 Å². The first-order chi connectivity index (χ1) is 6.72. The minimum atomic E-state index is -0.612. The molecule has 0 aliphatic carbocycles. The first-order valence-electron chi connectivity index (χ1n) is 4.27. The molecule has 0 aromatic heterocycles. The van der Waals surface area contributed by atoms with Gasteiger partial charge in [-0.25, -0.2) is 0 Å². The third kappa shape index (κ3) is 3.96. The second kappa shape index (κ2) is 5.86. The minimum Gasteiger partial charge on any atom is -0.491 e. The summed E-state index contributed by atoms with van der Waals surface area (Å²) in [6, 6.07) is 7.03. The summed E-state index contributed by atoms with van der Waals surface area (Å²) in [6.45, 7) is 0.467. The minimum absolute atomic E-state index is 0.203. The highest BCUT2D eigenvalue weighted by Gasteiger charge is 2.04. The lowest BCUT2D eigenvalue weighted by Crippen LogP contribution is -2.22. The zero-order chi connectivity index (χ0) is 10.4. The van der Waals surface area contributed by atoms with E-state index in [1.807, 2.05) is 0 Å². The second-order valence-corrected chi connectivity index (χ2v) is 3.31. The van der Waals surface area contributed by atoms with E-state index in [1.165, 1.54) is 7.11 Å². The highest BCUT2D eigenvalue weighted by atomic mass is 35.5. The van der Waals surface area contributed by atoms with Crippen LogP contribution < -0.4 is 4.74 Å². The van der Waals surface area contributed by atoms with E-state index < -0.39 is 6.10 Å². The Balaban J connectivity index is 2.37. The van der Waals surface area contributed by atoms with E-state index >= 15 is 0 Å². The van der Waals surface area contributed by atoms with Crippen molar-refractivity contribution in [3.8, 4) is 5.75 Å². The van der Waals surface area contributed by atoms with Crippen molar-refractivity contribution in [2.45, 2.75) is 6.10 Å². The predicted molar refractivity (Wildman–Crippen MR) is 54.8 cm³/mol. The third-order valence-electron chi connectivity index (χ3n) is 1.60. The summed E-state index contributed by atoms with van der Waals surface area (Å²) < 4.78 is 10.0. The molecule has 0 saturated heterocycles. The van der Waals surface area contributed by atoms with Crippen molar-refractivity contribution in [3.05, 3.63) is 29.3 Å². The molecule has 0 aliphatic heterocycles. The van der Waals surface area contributed by atoms with Crippen LogP contribution in [-0.2, 0) is 4.74 Å². The van der Waals surface area contributed by atoms with Crippen LogP contribution in [-0.4, -0.2) is 31.5 Å². The number of benzene rings is 1. The quantitative estimate of drug-likeness (QED) is 0.815. The van der Waals surface area contributed by atoms with E-state index in [-0.39, 0.29) is 13.2 Å². The molecule has 0 bridgehead atoms. The molecule has 4 heteroatoms. The van der Waals surface area contributed by atoms with Gasteiger partial charge < -0.3 is 14.6 Å². The lowest BCUT2D eigenvalue weighted by Gasteiger charge is -2.11. The Morgan fingerprint density at radius 3 is 2.86 bits per heavy atom. The molecule has 1 atom stereocenters. The van der Waals surface area contributed by atoms with Gasteiger partial charge >= 0.3 is 0 Å². The topological polar surface area (TPSA) is 38.7 Å². The summed E-state index contributed by atoms with van der Waals surface area (Å²) in [6.07, 6.45) is -0.612. The molecule has 0 amide bonds. The Hall–Kier alpha value is -0.770. The number of hydrogen-bond acceptors (Lipinski definition) is 3. The molecule has 3 nitrogen and oxygen atoms in total. The number of aliphatic hydroxyl groups excluding tert-OH is 1. The highest BCUT2D eigenvalue weighted by Crippen LogP contribution is 2.17. The summed E-state index contributed by atoms with van der Waals surface area (Å²) >= 11 is 5.75. The maximum Gasteiger partial charge on any atom is 0.120 e. The fourth-order valence-corrected chi connectivity index (χ4v) is 1.17. The molecule has 0 aliphatic rings. The fraction of sp³-hybridized carbons (Fsp3) is 0.400. The molecule has 0 saturated carbocycles. The van der Waals surface area contributed by atoms with Gasteiger partial charge in [0.25, 0.3) is 0 Å². The van der Waals surface area contributed by atoms with Crippen LogP contribution in [0.2, 0.25) is 5.02 Å². The molecule has 1 aromatic carbocycles. The zero-order valence-electron chi connectivity index (χ0n) is 7.94. The van der Waals surface area contributed by atoms with E-state index in [0.717, 1.165) is 0 Å². The third-order valence-corrected chi connectivity index (χ3v) is 1.83. The van der Waals surface area contributed by atoms with E-state index in [2.05, 4.69) is 0 Å². The largest absolute Gasteiger partial charge is 0.491 e. The van der Waals surface area contributed by atoms with Crippen molar-refractivity contribution in [1.29, 1.82) is 0 Å². The van der Waals surface area contributed by atoms with Crippen LogP contribution >= 0.6 is 11.6 Å². The first-order valence-corrected chi connectivity index (χ1v) is 4.65. The SMILES string of the molecule is COC[C@H](O)COc1cccc(Cl)c1. The molecule has 1 N–H and O–H groups in total. The number of methoxy groups -OCH3 is 1. The summed E-state index contributed by atoms with van der Waals surface area (Å²) in [5.41, 5.74) is 0. The zero-order valence-corrected chi connectivity index (χ0v) is 8.70. The van der Waals surface area contributed by atoms with Gasteiger partial charge in [-0.2, -0.15) is 0 Å². The smallest absolute Gasteiger partial charge is 0.120 e. The lowest BCUT2D eigenvalue weighted by molar-refractivity contribution is 0.0325. The fourth-order valence-electron chi connectivity index (χ4n) is 0.990. The lowest BCUT2D eigenvalue weighted by atomic mass is 10.3. The Morgan fingerprint density at radius 2 is 2.21 bits per heavy atom. The standard InChI is InChI=1S/C10H13ClO3/c1-13-6-9(12)7-14-10-4-2-3-8(11)5-10/h2-5,9,12H,6-7H2,1H3/t9-/m0/s1. The molecule has 14 heavy (non-hydrogen) atoms. The van der Waals surface area contributed by atoms with Crippen molar-refractivity contribution >= 4 is 11.6 Å². The Labute approximate surface area is 88.2 Å². The monoisotopic (exact) mass is 216 g/mol. The number of ether oxygens (including phenoxy) is 2. The van der Waals surface area contributed by atoms with Gasteiger partial charge in [-0.15, -0.1) is 0 Å². The molecular formula is C10H13ClO3. The summed E-state index contributed by atoms with van der Waals surface area (Å²) in [4.78, 5) is 0. The van der Waals surface area contributed by atoms with Crippen LogP contribution in [0.3, 0.4) is 0 Å². The van der Waals surface area contributed by atoms with Gasteiger partial charge in [-0.3, -0.25) is 0 Å². The van der Waals surface area contributed by atoms with Crippen LogP contribution in [0.4, 0.5) is 0 Å². The van der Waals surface area contributed by atoms with Crippen molar-refractivity contribution in [2.75, 3.05) is 20.3 Å². The van der Waals surface area contributed by atoms with Crippen molar-refractivity contribution in [3.63, 3.8) is 0 Å². The second-order valence-electron chi connectivity index (χ2n) is 2.88. The molecule has 0 spiro atoms. The molecule has 0 radical (unpaired) electrons. The van der Waals surface area contributed by atoms with E-state index in [9.17, 15) is 5.11 Å². The van der Waals surface area contributed by atoms with Gasteiger partial charge in [0.05, 0.1) is 6.61 Å². The van der Waals surface area contributed by atoms with Gasteiger partial charge in [0, 0.05) is 12.1 Å². The molecule has 1 rings (SSSR count). The Bertz CT molecular complexity index is 278. The molecule has 0 heterocycles. The van der Waals surface area contributed by atoms with Gasteiger partial charge in [-0.05, 0) is 18.2 Å². The summed E-state index contributed by atoms with van der Waals surface area (Å²) in [5.74, 6) is 0.646. The molecule has 0 fully saturated rings. The highest BCUT2D eigenvalue weighted by molar-refractivity contribution is 6.30. The van der Waals surface area contributed by atoms with E-state index in [0.29, 0.717) is 10.8 Å². The van der Waals surface area contributed by atoms with Gasteiger partial charge in [0.15, 0.2) is 0 Å². The van der Waals surface area contributed by atoms with Crippen LogP contribution in [0.5, 0.6) is 5.75 Å². The van der Waals surface area contributed by atoms with Crippen molar-refractivity contribution in [2.24, 2.45) is 0 Å². The Kier molecular flexibility index (Phi) is 4.73. The maximum absolute atomic E-state index is 9.30. The molecule has 78 valence electrons. The number of hydrogen-bond donors (Lipinski definition) is 1. The van der Waals surface area contributed by atoms with E-state index in [4.69, 9.17) is 21.1 Å². The molecule has 0 unspecified atom stereocenters. The number of halogens is 1. The normalized spacial score (nSPS) is 12.5. The molecule has 1 aromatic rings. The van der Waals surface area contributed by atoms with Crippen LogP contribution in [0.15, 0.2) is 24.3 Å². The van der Waals surface area contributed by atoms with Crippen LogP contribution in [0.25, 0.3) is 0 Å². The summed E-state index contributed by atoms with van der Waals surface area (Å²) in [5, 5.41) is 9.91. The van der Waals surface area contributed by atoms with E-state index in [1.54, 1.807) is 24.3 Å². The maximum atomic E-state index is 9.30. The van der Waals surface area contributed by atoms with Crippen molar-refractivity contribution in [1.82, 2.24) is 0 Å². The van der Waals surface area contributed by atoms with Gasteiger partial charge in [0.1, 0.15) is 18.5 Å². The number of rotatable bonds is 5. The van der Waals surface area contributed by atoms with Gasteiger partial charge in [-0.1, -0.05) is 17.7 Å². The average Bonchev–Trinajstić information content (AvgIpc) is 2.15. The first kappa shape index (κ1) is 11.3. The van der Waals surface area contributed by atoms with Gasteiger partial charge in [0.2, 0.25) is 0 Å².